The van der Waals surface area contributed by atoms with Crippen LogP contribution in [0.25, 0.3) is 0 Å². The predicted octanol–water partition coefficient (Wildman–Crippen LogP) is 2.72. The van der Waals surface area contributed by atoms with Gasteiger partial charge in [-0.2, -0.15) is 10.4 Å². The Bertz CT molecular complexity index is 925. The largest absolute Gasteiger partial charge is 0.273 e. The summed E-state index contributed by atoms with van der Waals surface area (Å²) in [6.45, 7) is 4.24. The number of amides is 1. The first-order chi connectivity index (χ1) is 13.0. The zero-order valence-electron chi connectivity index (χ0n) is 14.3. The molecule has 1 aliphatic heterocycles. The van der Waals surface area contributed by atoms with Gasteiger partial charge in [-0.1, -0.05) is 12.2 Å². The molecule has 1 atom stereocenters. The molecular weight excluding hydrogens is 354 g/mol. The van der Waals surface area contributed by atoms with Crippen LogP contribution in [-0.4, -0.2) is 31.9 Å². The van der Waals surface area contributed by atoms with E-state index in [0.29, 0.717) is 24.9 Å². The molecule has 0 bridgehead atoms. The van der Waals surface area contributed by atoms with Gasteiger partial charge in [0, 0.05) is 25.1 Å². The molecule has 138 valence electrons. The standard InChI is InChI=1S/C18H16F2N6O/c1-12(10-25-11-22-17(9-21)24-25)2-3-18(27)26-16(4-5-23-26)13-6-14(19)8-15(20)7-13/h5-8,11,16H,1-4,10H2. The normalized spacial score (nSPS) is 15.7. The first-order valence-corrected chi connectivity index (χ1v) is 8.23. The van der Waals surface area contributed by atoms with Crippen LogP contribution in [0.2, 0.25) is 0 Å². The van der Waals surface area contributed by atoms with Crippen molar-refractivity contribution in [2.75, 3.05) is 0 Å². The Morgan fingerprint density at radius 3 is 2.70 bits per heavy atom. The molecule has 0 fully saturated rings. The van der Waals surface area contributed by atoms with E-state index >= 15 is 0 Å². The van der Waals surface area contributed by atoms with Gasteiger partial charge in [0.25, 0.3) is 5.82 Å². The molecule has 0 saturated heterocycles. The highest BCUT2D eigenvalue weighted by Gasteiger charge is 2.28. The van der Waals surface area contributed by atoms with E-state index < -0.39 is 17.7 Å². The summed E-state index contributed by atoms with van der Waals surface area (Å²) in [6.07, 6.45) is 3.90. The van der Waals surface area contributed by atoms with Crippen LogP contribution in [-0.2, 0) is 11.3 Å². The van der Waals surface area contributed by atoms with E-state index in [1.165, 1.54) is 28.2 Å². The summed E-state index contributed by atoms with van der Waals surface area (Å²) in [5.41, 5.74) is 1.10. The van der Waals surface area contributed by atoms with E-state index in [-0.39, 0.29) is 18.2 Å². The third-order valence-electron chi connectivity index (χ3n) is 4.07. The molecule has 3 rings (SSSR count). The van der Waals surface area contributed by atoms with Gasteiger partial charge < -0.3 is 0 Å². The molecule has 7 nitrogen and oxygen atoms in total. The van der Waals surface area contributed by atoms with Crippen LogP contribution >= 0.6 is 0 Å². The molecule has 27 heavy (non-hydrogen) atoms. The Morgan fingerprint density at radius 1 is 1.30 bits per heavy atom. The van der Waals surface area contributed by atoms with Crippen LogP contribution in [0.3, 0.4) is 0 Å². The maximum absolute atomic E-state index is 13.5. The molecule has 2 heterocycles. The lowest BCUT2D eigenvalue weighted by Gasteiger charge is -2.22. The van der Waals surface area contributed by atoms with Crippen molar-refractivity contribution in [1.29, 1.82) is 5.26 Å². The quantitative estimate of drug-likeness (QED) is 0.732. The molecule has 0 aliphatic carbocycles. The second-order valence-electron chi connectivity index (χ2n) is 6.12. The van der Waals surface area contributed by atoms with Crippen LogP contribution < -0.4 is 0 Å². The molecule has 2 aromatic rings. The van der Waals surface area contributed by atoms with Gasteiger partial charge in [0.05, 0.1) is 12.6 Å². The van der Waals surface area contributed by atoms with Gasteiger partial charge >= 0.3 is 0 Å². The summed E-state index contributed by atoms with van der Waals surface area (Å²) >= 11 is 0. The zero-order chi connectivity index (χ0) is 19.4. The van der Waals surface area contributed by atoms with Crippen molar-refractivity contribution in [3.8, 4) is 6.07 Å². The number of hydrogen-bond acceptors (Lipinski definition) is 5. The van der Waals surface area contributed by atoms with Crippen LogP contribution in [0.15, 0.2) is 41.8 Å². The number of rotatable bonds is 6. The van der Waals surface area contributed by atoms with Crippen LogP contribution in [0.5, 0.6) is 0 Å². The first kappa shape index (κ1) is 18.4. The lowest BCUT2D eigenvalue weighted by atomic mass is 10.0. The van der Waals surface area contributed by atoms with E-state index in [4.69, 9.17) is 5.26 Å². The third-order valence-corrected chi connectivity index (χ3v) is 4.07. The van der Waals surface area contributed by atoms with Gasteiger partial charge in [0.1, 0.15) is 24.0 Å². The minimum absolute atomic E-state index is 0.0652. The Labute approximate surface area is 154 Å². The highest BCUT2D eigenvalue weighted by Crippen LogP contribution is 2.30. The number of carbonyl (C=O) groups is 1. The number of aromatic nitrogens is 3. The van der Waals surface area contributed by atoms with E-state index in [2.05, 4.69) is 21.8 Å². The van der Waals surface area contributed by atoms with E-state index in [1.807, 2.05) is 6.07 Å². The van der Waals surface area contributed by atoms with Crippen LogP contribution in [0.4, 0.5) is 8.78 Å². The van der Waals surface area contributed by atoms with Crippen molar-refractivity contribution in [3.05, 3.63) is 59.7 Å². The highest BCUT2D eigenvalue weighted by atomic mass is 19.1. The number of hydrogen-bond donors (Lipinski definition) is 0. The maximum atomic E-state index is 13.5. The monoisotopic (exact) mass is 370 g/mol. The lowest BCUT2D eigenvalue weighted by Crippen LogP contribution is -2.27. The summed E-state index contributed by atoms with van der Waals surface area (Å²) < 4.78 is 28.4. The van der Waals surface area contributed by atoms with Crippen molar-refractivity contribution in [2.45, 2.75) is 31.8 Å². The fourth-order valence-electron chi connectivity index (χ4n) is 2.83. The minimum Gasteiger partial charge on any atom is -0.273 e. The molecule has 9 heteroatoms. The van der Waals surface area contributed by atoms with Crippen molar-refractivity contribution in [2.24, 2.45) is 5.10 Å². The highest BCUT2D eigenvalue weighted by molar-refractivity contribution is 5.80. The van der Waals surface area contributed by atoms with Crippen molar-refractivity contribution in [3.63, 3.8) is 0 Å². The van der Waals surface area contributed by atoms with E-state index in [9.17, 15) is 13.6 Å². The average molecular weight is 370 g/mol. The number of allylic oxidation sites excluding steroid dienone is 1. The summed E-state index contributed by atoms with van der Waals surface area (Å²) in [6, 6.07) is 4.51. The number of carbonyl (C=O) groups excluding carboxylic acids is 1. The van der Waals surface area contributed by atoms with Crippen molar-refractivity contribution < 1.29 is 13.6 Å². The molecule has 0 N–H and O–H groups in total. The summed E-state index contributed by atoms with van der Waals surface area (Å²) in [4.78, 5) is 16.3. The molecule has 0 saturated carbocycles. The molecule has 1 aromatic carbocycles. The Kier molecular flexibility index (Phi) is 5.35. The Morgan fingerprint density at radius 2 is 2.04 bits per heavy atom. The number of nitriles is 1. The number of halogens is 2. The van der Waals surface area contributed by atoms with Gasteiger partial charge in [0.2, 0.25) is 5.91 Å². The zero-order valence-corrected chi connectivity index (χ0v) is 14.3. The molecule has 1 amide bonds. The third kappa shape index (κ3) is 4.41. The molecule has 0 spiro atoms. The topological polar surface area (TPSA) is 87.2 Å². The summed E-state index contributed by atoms with van der Waals surface area (Å²) in [5.74, 6) is -1.59. The van der Waals surface area contributed by atoms with Gasteiger partial charge in [-0.15, -0.1) is 5.10 Å². The predicted molar refractivity (Wildman–Crippen MR) is 92.2 cm³/mol. The molecule has 0 radical (unpaired) electrons. The second kappa shape index (κ2) is 7.86. The van der Waals surface area contributed by atoms with Crippen molar-refractivity contribution in [1.82, 2.24) is 19.8 Å². The molecule has 1 aromatic heterocycles. The average Bonchev–Trinajstić information content (AvgIpc) is 3.28. The maximum Gasteiger partial charge on any atom is 0.252 e. The number of hydrazone groups is 1. The van der Waals surface area contributed by atoms with Crippen LogP contribution in [0, 0.1) is 23.0 Å². The fraction of sp³-hybridized carbons (Fsp3) is 0.278. The molecule has 1 unspecified atom stereocenters. The number of benzene rings is 1. The smallest absolute Gasteiger partial charge is 0.252 e. The van der Waals surface area contributed by atoms with Crippen molar-refractivity contribution >= 4 is 12.1 Å². The molecule has 1 aliphatic rings. The lowest BCUT2D eigenvalue weighted by molar-refractivity contribution is -0.133. The first-order valence-electron chi connectivity index (χ1n) is 8.23. The fourth-order valence-corrected chi connectivity index (χ4v) is 2.83. The van der Waals surface area contributed by atoms with Gasteiger partial charge in [-0.05, 0) is 24.1 Å². The Balaban J connectivity index is 1.58. The summed E-state index contributed by atoms with van der Waals surface area (Å²) in [5, 5.41) is 18.0. The van der Waals surface area contributed by atoms with Gasteiger partial charge in [-0.3, -0.25) is 4.79 Å². The van der Waals surface area contributed by atoms with E-state index in [0.717, 1.165) is 11.6 Å². The second-order valence-corrected chi connectivity index (χ2v) is 6.12. The van der Waals surface area contributed by atoms with Gasteiger partial charge in [-0.25, -0.2) is 23.5 Å². The molecular formula is C18H16F2N6O. The van der Waals surface area contributed by atoms with Gasteiger partial charge in [0.15, 0.2) is 0 Å². The minimum atomic E-state index is -0.692. The SMILES string of the molecule is C=C(CCC(=O)N1N=CCC1c1cc(F)cc(F)c1)Cn1cnc(C#N)n1. The summed E-state index contributed by atoms with van der Waals surface area (Å²) in [7, 11) is 0. The Hall–Kier alpha value is -3.41. The van der Waals surface area contributed by atoms with E-state index in [1.54, 1.807) is 6.21 Å². The van der Waals surface area contributed by atoms with Crippen LogP contribution in [0.1, 0.15) is 36.7 Å². The number of nitrogens with zero attached hydrogens (tertiary/aromatic N) is 6.